The molecule has 3 aromatic rings. The molecule has 0 fully saturated rings. The zero-order chi connectivity index (χ0) is 15.4. The lowest BCUT2D eigenvalue weighted by molar-refractivity contribution is -0.113. The molecule has 1 aromatic carbocycles. The van der Waals surface area contributed by atoms with Gasteiger partial charge in [0.2, 0.25) is 5.91 Å². The second-order valence-corrected chi connectivity index (χ2v) is 6.41. The summed E-state index contributed by atoms with van der Waals surface area (Å²) in [5.41, 5.74) is 0.848. The number of carbonyl (C=O) groups excluding carboxylic acids is 1. The number of benzene rings is 1. The van der Waals surface area contributed by atoms with Crippen LogP contribution in [0.2, 0.25) is 5.02 Å². The van der Waals surface area contributed by atoms with Gasteiger partial charge in [-0.1, -0.05) is 29.4 Å². The first kappa shape index (κ1) is 15.0. The molecule has 0 saturated carbocycles. The van der Waals surface area contributed by atoms with Crippen molar-refractivity contribution in [2.45, 2.75) is 5.16 Å². The maximum absolute atomic E-state index is 11.9. The lowest BCUT2D eigenvalue weighted by Gasteiger charge is -2.06. The number of hydrogen-bond acceptors (Lipinski definition) is 6. The van der Waals surface area contributed by atoms with E-state index in [2.05, 4.69) is 20.5 Å². The lowest BCUT2D eigenvalue weighted by Crippen LogP contribution is -2.14. The van der Waals surface area contributed by atoms with Crippen molar-refractivity contribution in [3.05, 3.63) is 47.2 Å². The van der Waals surface area contributed by atoms with E-state index >= 15 is 0 Å². The van der Waals surface area contributed by atoms with E-state index in [-0.39, 0.29) is 11.7 Å². The van der Waals surface area contributed by atoms with Crippen molar-refractivity contribution in [3.63, 3.8) is 0 Å². The fourth-order valence-corrected chi connectivity index (χ4v) is 3.16. The van der Waals surface area contributed by atoms with E-state index in [9.17, 15) is 4.79 Å². The van der Waals surface area contributed by atoms with Gasteiger partial charge in [-0.25, -0.2) is 4.98 Å². The van der Waals surface area contributed by atoms with Gasteiger partial charge in [0.05, 0.1) is 11.4 Å². The molecule has 112 valence electrons. The number of rotatable bonds is 5. The number of thiazole rings is 1. The molecule has 0 atom stereocenters. The minimum Gasteiger partial charge on any atom is -0.301 e. The minimum absolute atomic E-state index is 0.138. The smallest absolute Gasteiger partial charge is 0.236 e. The molecule has 2 heterocycles. The highest BCUT2D eigenvalue weighted by atomic mass is 35.5. The summed E-state index contributed by atoms with van der Waals surface area (Å²) in [5.74, 6) is 0.0827. The number of hydrogen-bond donors (Lipinski definition) is 1. The molecule has 0 bridgehead atoms. The molecule has 0 radical (unpaired) electrons. The Labute approximate surface area is 139 Å². The van der Waals surface area contributed by atoms with Gasteiger partial charge in [0.15, 0.2) is 10.3 Å². The quantitative estimate of drug-likeness (QED) is 0.715. The third kappa shape index (κ3) is 3.65. The van der Waals surface area contributed by atoms with Gasteiger partial charge in [-0.3, -0.25) is 9.36 Å². The fraction of sp³-hybridized carbons (Fsp3) is 0.0769. The molecular weight excluding hydrogens is 342 g/mol. The molecule has 9 heteroatoms. The first-order chi connectivity index (χ1) is 10.7. The van der Waals surface area contributed by atoms with Gasteiger partial charge < -0.3 is 5.32 Å². The van der Waals surface area contributed by atoms with E-state index in [1.807, 2.05) is 18.2 Å². The maximum atomic E-state index is 11.9. The molecule has 0 saturated heterocycles. The zero-order valence-corrected chi connectivity index (χ0v) is 13.5. The second kappa shape index (κ2) is 6.91. The number of aromatic nitrogens is 4. The number of carbonyl (C=O) groups is 1. The molecule has 1 amide bonds. The monoisotopic (exact) mass is 351 g/mol. The van der Waals surface area contributed by atoms with Crippen LogP contribution < -0.4 is 5.32 Å². The molecule has 2 aromatic heterocycles. The summed E-state index contributed by atoms with van der Waals surface area (Å²) in [5, 5.41) is 14.3. The Morgan fingerprint density at radius 3 is 3.14 bits per heavy atom. The van der Waals surface area contributed by atoms with Crippen molar-refractivity contribution in [1.29, 1.82) is 0 Å². The topological polar surface area (TPSA) is 72.7 Å². The molecule has 3 rings (SSSR count). The van der Waals surface area contributed by atoms with E-state index in [0.29, 0.717) is 15.3 Å². The van der Waals surface area contributed by atoms with Crippen LogP contribution in [0.4, 0.5) is 5.13 Å². The van der Waals surface area contributed by atoms with Gasteiger partial charge >= 0.3 is 0 Å². The summed E-state index contributed by atoms with van der Waals surface area (Å²) in [6, 6.07) is 7.35. The Morgan fingerprint density at radius 2 is 2.36 bits per heavy atom. The summed E-state index contributed by atoms with van der Waals surface area (Å²) in [4.78, 5) is 15.9. The van der Waals surface area contributed by atoms with Crippen LogP contribution in [-0.4, -0.2) is 31.4 Å². The van der Waals surface area contributed by atoms with Crippen LogP contribution in [0.15, 0.2) is 47.3 Å². The number of halogens is 1. The van der Waals surface area contributed by atoms with Gasteiger partial charge in [0.1, 0.15) is 6.33 Å². The molecule has 0 aliphatic carbocycles. The van der Waals surface area contributed by atoms with Crippen LogP contribution in [0.1, 0.15) is 0 Å². The minimum atomic E-state index is -0.138. The summed E-state index contributed by atoms with van der Waals surface area (Å²) in [6.07, 6.45) is 3.23. The molecule has 22 heavy (non-hydrogen) atoms. The van der Waals surface area contributed by atoms with Crippen LogP contribution in [0.5, 0.6) is 0 Å². The van der Waals surface area contributed by atoms with Crippen molar-refractivity contribution in [3.8, 4) is 5.69 Å². The Bertz CT molecular complexity index is 774. The van der Waals surface area contributed by atoms with Gasteiger partial charge in [-0.05, 0) is 18.2 Å². The molecule has 1 N–H and O–H groups in total. The highest BCUT2D eigenvalue weighted by Gasteiger charge is 2.11. The van der Waals surface area contributed by atoms with Gasteiger partial charge in [-0.2, -0.15) is 0 Å². The van der Waals surface area contributed by atoms with Crippen molar-refractivity contribution in [1.82, 2.24) is 19.7 Å². The molecule has 0 aliphatic rings. The lowest BCUT2D eigenvalue weighted by atomic mass is 10.3. The van der Waals surface area contributed by atoms with Crippen molar-refractivity contribution in [2.75, 3.05) is 11.1 Å². The van der Waals surface area contributed by atoms with Crippen LogP contribution in [0, 0.1) is 0 Å². The summed E-state index contributed by atoms with van der Waals surface area (Å²) >= 11 is 8.66. The standard InChI is InChI=1S/C13H10ClN5OS2/c14-9-2-1-3-10(6-9)19-8-16-18-13(19)22-7-11(20)17-12-15-4-5-21-12/h1-6,8H,7H2,(H,15,17,20). The molecule has 6 nitrogen and oxygen atoms in total. The predicted octanol–water partition coefficient (Wildman–Crippen LogP) is 3.11. The Morgan fingerprint density at radius 1 is 1.45 bits per heavy atom. The van der Waals surface area contributed by atoms with Gasteiger partial charge in [-0.15, -0.1) is 21.5 Å². The number of anilines is 1. The van der Waals surface area contributed by atoms with E-state index in [1.165, 1.54) is 23.1 Å². The SMILES string of the molecule is O=C(CSc1nncn1-c1cccc(Cl)c1)Nc1nccs1. The van der Waals surface area contributed by atoms with Crippen LogP contribution >= 0.6 is 34.7 Å². The number of nitrogens with zero attached hydrogens (tertiary/aromatic N) is 4. The third-order valence-electron chi connectivity index (χ3n) is 2.61. The number of thioether (sulfide) groups is 1. The highest BCUT2D eigenvalue weighted by molar-refractivity contribution is 7.99. The largest absolute Gasteiger partial charge is 0.301 e. The van der Waals surface area contributed by atoms with E-state index < -0.39 is 0 Å². The molecular formula is C13H10ClN5OS2. The first-order valence-electron chi connectivity index (χ1n) is 6.20. The summed E-state index contributed by atoms with van der Waals surface area (Å²) in [7, 11) is 0. The molecule has 0 spiro atoms. The van der Waals surface area contributed by atoms with Crippen molar-refractivity contribution < 1.29 is 4.79 Å². The van der Waals surface area contributed by atoms with Gasteiger partial charge in [0, 0.05) is 16.6 Å². The average Bonchev–Trinajstić information content (AvgIpc) is 3.16. The highest BCUT2D eigenvalue weighted by Crippen LogP contribution is 2.22. The normalized spacial score (nSPS) is 10.6. The Hall–Kier alpha value is -1.90. The summed E-state index contributed by atoms with van der Waals surface area (Å²) < 4.78 is 1.78. The maximum Gasteiger partial charge on any atom is 0.236 e. The average molecular weight is 352 g/mol. The van der Waals surface area contributed by atoms with E-state index in [4.69, 9.17) is 11.6 Å². The van der Waals surface area contributed by atoms with E-state index in [1.54, 1.807) is 28.5 Å². The summed E-state index contributed by atoms with van der Waals surface area (Å²) in [6.45, 7) is 0. The number of amides is 1. The third-order valence-corrected chi connectivity index (χ3v) is 4.48. The second-order valence-electron chi connectivity index (χ2n) is 4.14. The zero-order valence-electron chi connectivity index (χ0n) is 11.1. The van der Waals surface area contributed by atoms with Gasteiger partial charge in [0.25, 0.3) is 0 Å². The Balaban J connectivity index is 1.66. The Kier molecular flexibility index (Phi) is 4.71. The van der Waals surface area contributed by atoms with Crippen LogP contribution in [0.3, 0.4) is 0 Å². The fourth-order valence-electron chi connectivity index (χ4n) is 1.70. The molecule has 0 aliphatic heterocycles. The predicted molar refractivity (Wildman–Crippen MR) is 87.8 cm³/mol. The van der Waals surface area contributed by atoms with Crippen molar-refractivity contribution in [2.24, 2.45) is 0 Å². The van der Waals surface area contributed by atoms with Crippen molar-refractivity contribution >= 4 is 45.7 Å². The first-order valence-corrected chi connectivity index (χ1v) is 8.45. The van der Waals surface area contributed by atoms with Crippen LogP contribution in [-0.2, 0) is 4.79 Å². The van der Waals surface area contributed by atoms with Crippen LogP contribution in [0.25, 0.3) is 5.69 Å². The molecule has 0 unspecified atom stereocenters. The number of nitrogens with one attached hydrogen (secondary N) is 1. The van der Waals surface area contributed by atoms with E-state index in [0.717, 1.165) is 5.69 Å².